The molecule has 0 fully saturated rings. The van der Waals surface area contributed by atoms with Crippen LogP contribution in [-0.4, -0.2) is 10.9 Å². The highest BCUT2D eigenvalue weighted by Crippen LogP contribution is 2.23. The zero-order valence-corrected chi connectivity index (χ0v) is 14.5. The summed E-state index contributed by atoms with van der Waals surface area (Å²) < 4.78 is 5.22. The number of hydrogen-bond acceptors (Lipinski definition) is 5. The van der Waals surface area contributed by atoms with E-state index in [2.05, 4.69) is 10.3 Å². The van der Waals surface area contributed by atoms with Crippen molar-refractivity contribution < 1.29 is 9.21 Å². The van der Waals surface area contributed by atoms with Crippen LogP contribution in [0, 0.1) is 0 Å². The lowest BCUT2D eigenvalue weighted by atomic mass is 10.1. The second-order valence-corrected chi connectivity index (χ2v) is 6.47. The molecule has 1 N–H and O–H groups in total. The molecule has 0 aliphatic carbocycles. The Hall–Kier alpha value is -3.25. The Bertz CT molecular complexity index is 1130. The largest absolute Gasteiger partial charge is 0.422 e. The molecule has 0 saturated heterocycles. The molecule has 3 heterocycles. The zero-order valence-electron chi connectivity index (χ0n) is 13.6. The first-order valence-corrected chi connectivity index (χ1v) is 8.94. The molecule has 3 aromatic heterocycles. The van der Waals surface area contributed by atoms with Gasteiger partial charge in [-0.3, -0.25) is 9.78 Å². The number of thiophene rings is 1. The molecular formula is C20H14N2O3S. The molecule has 0 unspecified atom stereocenters. The highest BCUT2D eigenvalue weighted by atomic mass is 32.1. The van der Waals surface area contributed by atoms with Crippen LogP contribution in [0.15, 0.2) is 74.7 Å². The van der Waals surface area contributed by atoms with Crippen LogP contribution in [-0.2, 0) is 6.54 Å². The Morgan fingerprint density at radius 2 is 2.04 bits per heavy atom. The number of carbonyl (C=O) groups is 1. The zero-order chi connectivity index (χ0) is 17.9. The number of benzene rings is 1. The Morgan fingerprint density at radius 3 is 2.88 bits per heavy atom. The van der Waals surface area contributed by atoms with Gasteiger partial charge in [0.1, 0.15) is 11.1 Å². The lowest BCUT2D eigenvalue weighted by Gasteiger charge is -2.09. The van der Waals surface area contributed by atoms with Crippen LogP contribution in [0.2, 0.25) is 0 Å². The van der Waals surface area contributed by atoms with Crippen LogP contribution >= 0.6 is 11.3 Å². The van der Waals surface area contributed by atoms with E-state index in [4.69, 9.17) is 4.42 Å². The number of hydrogen-bond donors (Lipinski definition) is 1. The molecule has 26 heavy (non-hydrogen) atoms. The fourth-order valence-corrected chi connectivity index (χ4v) is 3.37. The van der Waals surface area contributed by atoms with Gasteiger partial charge in [-0.2, -0.15) is 11.3 Å². The molecule has 0 bridgehead atoms. The normalized spacial score (nSPS) is 10.8. The van der Waals surface area contributed by atoms with Gasteiger partial charge in [0.05, 0.1) is 5.69 Å². The van der Waals surface area contributed by atoms with Crippen molar-refractivity contribution >= 4 is 28.2 Å². The fourth-order valence-electron chi connectivity index (χ4n) is 2.73. The molecule has 6 heteroatoms. The minimum atomic E-state index is -0.648. The van der Waals surface area contributed by atoms with Crippen LogP contribution < -0.4 is 10.9 Å². The highest BCUT2D eigenvalue weighted by molar-refractivity contribution is 7.08. The van der Waals surface area contributed by atoms with E-state index in [0.717, 1.165) is 16.8 Å². The molecule has 0 spiro atoms. The molecule has 0 saturated carbocycles. The van der Waals surface area contributed by atoms with Gasteiger partial charge in [0.2, 0.25) is 0 Å². The van der Waals surface area contributed by atoms with Crippen molar-refractivity contribution in [2.24, 2.45) is 0 Å². The van der Waals surface area contributed by atoms with Crippen molar-refractivity contribution in [2.45, 2.75) is 6.54 Å². The van der Waals surface area contributed by atoms with Gasteiger partial charge in [0, 0.05) is 29.1 Å². The Labute approximate surface area is 152 Å². The standard InChI is InChI=1S/C20H14N2O3S/c23-19(16-10-13-4-1-2-6-17(13)25-20(16)24)22-11-14-5-3-8-21-18(14)15-7-9-26-12-15/h1-10,12H,11H2,(H,22,23). The van der Waals surface area contributed by atoms with Gasteiger partial charge >= 0.3 is 5.63 Å². The van der Waals surface area contributed by atoms with Crippen molar-refractivity contribution in [1.29, 1.82) is 0 Å². The molecule has 4 rings (SSSR count). The van der Waals surface area contributed by atoms with Gasteiger partial charge in [0.15, 0.2) is 0 Å². The summed E-state index contributed by atoms with van der Waals surface area (Å²) in [4.78, 5) is 29.0. The molecule has 5 nitrogen and oxygen atoms in total. The van der Waals surface area contributed by atoms with E-state index in [1.54, 1.807) is 41.8 Å². The number of aromatic nitrogens is 1. The van der Waals surface area contributed by atoms with Gasteiger partial charge in [-0.05, 0) is 35.2 Å². The quantitative estimate of drug-likeness (QED) is 0.560. The third-order valence-electron chi connectivity index (χ3n) is 4.01. The first kappa shape index (κ1) is 16.2. The average molecular weight is 362 g/mol. The molecule has 1 amide bonds. The summed E-state index contributed by atoms with van der Waals surface area (Å²) in [6.07, 6.45) is 1.72. The molecule has 0 radical (unpaired) electrons. The van der Waals surface area contributed by atoms with Crippen LogP contribution in [0.4, 0.5) is 0 Å². The number of rotatable bonds is 4. The van der Waals surface area contributed by atoms with Crippen molar-refractivity contribution in [1.82, 2.24) is 10.3 Å². The van der Waals surface area contributed by atoms with Crippen molar-refractivity contribution in [3.8, 4) is 11.3 Å². The van der Waals surface area contributed by atoms with E-state index in [1.807, 2.05) is 35.0 Å². The number of carbonyl (C=O) groups excluding carboxylic acids is 1. The van der Waals surface area contributed by atoms with E-state index in [9.17, 15) is 9.59 Å². The summed E-state index contributed by atoms with van der Waals surface area (Å²) in [5.41, 5.74) is 2.50. The SMILES string of the molecule is O=C(NCc1cccnc1-c1ccsc1)c1cc2ccccc2oc1=O. The number of para-hydroxylation sites is 1. The maximum Gasteiger partial charge on any atom is 0.349 e. The van der Waals surface area contributed by atoms with E-state index >= 15 is 0 Å². The monoisotopic (exact) mass is 362 g/mol. The summed E-state index contributed by atoms with van der Waals surface area (Å²) in [6.45, 7) is 0.268. The fraction of sp³-hybridized carbons (Fsp3) is 0.0500. The van der Waals surface area contributed by atoms with E-state index in [0.29, 0.717) is 11.0 Å². The summed E-state index contributed by atoms with van der Waals surface area (Å²) in [6, 6.07) is 14.4. The molecule has 0 atom stereocenters. The molecule has 1 aromatic carbocycles. The second kappa shape index (κ2) is 6.93. The minimum absolute atomic E-state index is 0.00956. The van der Waals surface area contributed by atoms with Crippen LogP contribution in [0.3, 0.4) is 0 Å². The summed E-state index contributed by atoms with van der Waals surface area (Å²) in [5.74, 6) is -0.468. The second-order valence-electron chi connectivity index (χ2n) is 5.69. The van der Waals surface area contributed by atoms with Gasteiger partial charge in [-0.1, -0.05) is 24.3 Å². The van der Waals surface area contributed by atoms with E-state index in [-0.39, 0.29) is 12.1 Å². The highest BCUT2D eigenvalue weighted by Gasteiger charge is 2.14. The van der Waals surface area contributed by atoms with Gasteiger partial charge in [0.25, 0.3) is 5.91 Å². The minimum Gasteiger partial charge on any atom is -0.422 e. The Morgan fingerprint density at radius 1 is 1.15 bits per heavy atom. The first-order chi connectivity index (χ1) is 12.7. The third-order valence-corrected chi connectivity index (χ3v) is 4.69. The molecule has 0 aliphatic heterocycles. The van der Waals surface area contributed by atoms with E-state index < -0.39 is 11.5 Å². The summed E-state index contributed by atoms with van der Waals surface area (Å²) in [5, 5.41) is 7.48. The Balaban J connectivity index is 1.59. The van der Waals surface area contributed by atoms with Gasteiger partial charge in [-0.25, -0.2) is 4.79 Å². The lowest BCUT2D eigenvalue weighted by molar-refractivity contribution is 0.0947. The van der Waals surface area contributed by atoms with Crippen LogP contribution in [0.1, 0.15) is 15.9 Å². The van der Waals surface area contributed by atoms with Crippen LogP contribution in [0.25, 0.3) is 22.2 Å². The predicted molar refractivity (Wildman–Crippen MR) is 101 cm³/mol. The number of nitrogens with zero attached hydrogens (tertiary/aromatic N) is 1. The third kappa shape index (κ3) is 3.14. The first-order valence-electron chi connectivity index (χ1n) is 8.00. The van der Waals surface area contributed by atoms with Gasteiger partial charge in [-0.15, -0.1) is 0 Å². The molecule has 128 valence electrons. The number of amides is 1. The van der Waals surface area contributed by atoms with Crippen molar-refractivity contribution in [2.75, 3.05) is 0 Å². The lowest BCUT2D eigenvalue weighted by Crippen LogP contribution is -2.28. The molecule has 0 aliphatic rings. The topological polar surface area (TPSA) is 72.2 Å². The predicted octanol–water partition coefficient (Wildman–Crippen LogP) is 3.85. The number of nitrogens with one attached hydrogen (secondary N) is 1. The Kier molecular flexibility index (Phi) is 4.33. The maximum atomic E-state index is 12.5. The van der Waals surface area contributed by atoms with Crippen LogP contribution in [0.5, 0.6) is 0 Å². The van der Waals surface area contributed by atoms with Crippen molar-refractivity contribution in [3.63, 3.8) is 0 Å². The maximum absolute atomic E-state index is 12.5. The van der Waals surface area contributed by atoms with Crippen molar-refractivity contribution in [3.05, 3.63) is 87.0 Å². The number of fused-ring (bicyclic) bond motifs is 1. The van der Waals surface area contributed by atoms with E-state index in [1.165, 1.54) is 0 Å². The average Bonchev–Trinajstić information content (AvgIpc) is 3.20. The number of pyridine rings is 1. The smallest absolute Gasteiger partial charge is 0.349 e. The summed E-state index contributed by atoms with van der Waals surface area (Å²) >= 11 is 1.59. The molecular weight excluding hydrogens is 348 g/mol. The molecule has 4 aromatic rings. The van der Waals surface area contributed by atoms with Gasteiger partial charge < -0.3 is 9.73 Å². The summed E-state index contributed by atoms with van der Waals surface area (Å²) in [7, 11) is 0.